The molecule has 1 fully saturated rings. The van der Waals surface area contributed by atoms with Gasteiger partial charge in [0, 0.05) is 24.0 Å². The van der Waals surface area contributed by atoms with E-state index in [9.17, 15) is 9.59 Å². The Hall–Kier alpha value is -2.48. The Morgan fingerprint density at radius 1 is 1.17 bits per heavy atom. The van der Waals surface area contributed by atoms with Crippen molar-refractivity contribution in [2.45, 2.75) is 33.1 Å². The number of hydrogen-bond acceptors (Lipinski definition) is 5. The van der Waals surface area contributed by atoms with Crippen molar-refractivity contribution in [1.29, 1.82) is 0 Å². The van der Waals surface area contributed by atoms with Crippen LogP contribution in [0.1, 0.15) is 41.1 Å². The third-order valence-corrected chi connectivity index (χ3v) is 3.60. The Balaban J connectivity index is 1.91. The van der Waals surface area contributed by atoms with E-state index >= 15 is 0 Å². The van der Waals surface area contributed by atoms with Crippen molar-refractivity contribution < 1.29 is 9.63 Å². The lowest BCUT2D eigenvalue weighted by Crippen LogP contribution is -2.31. The van der Waals surface area contributed by atoms with Crippen LogP contribution in [-0.2, 0) is 4.84 Å². The second-order valence-electron chi connectivity index (χ2n) is 5.60. The summed E-state index contributed by atoms with van der Waals surface area (Å²) in [4.78, 5) is 38.5. The Labute approximate surface area is 133 Å². The van der Waals surface area contributed by atoms with E-state index in [-0.39, 0.29) is 23.1 Å². The number of hydroxylamine groups is 2. The SMILES string of the molecule is Cc1cc(C)nc(-n2[nH]c(C(=O)N3CCCCCO3)cc2=O)n1. The fourth-order valence-electron chi connectivity index (χ4n) is 2.53. The minimum Gasteiger partial charge on any atom is -0.283 e. The first kappa shape index (κ1) is 15.4. The fourth-order valence-corrected chi connectivity index (χ4v) is 2.53. The molecule has 122 valence electrons. The molecule has 0 aliphatic carbocycles. The van der Waals surface area contributed by atoms with E-state index in [1.165, 1.54) is 15.8 Å². The van der Waals surface area contributed by atoms with E-state index in [1.807, 2.05) is 19.9 Å². The van der Waals surface area contributed by atoms with Crippen LogP contribution in [0.15, 0.2) is 16.9 Å². The van der Waals surface area contributed by atoms with Gasteiger partial charge in [0.25, 0.3) is 17.4 Å². The zero-order valence-corrected chi connectivity index (χ0v) is 13.2. The normalized spacial score (nSPS) is 15.5. The quantitative estimate of drug-likeness (QED) is 0.896. The monoisotopic (exact) mass is 317 g/mol. The van der Waals surface area contributed by atoms with Crippen LogP contribution in [0.5, 0.6) is 0 Å². The number of nitrogens with one attached hydrogen (secondary N) is 1. The molecule has 1 saturated heterocycles. The first-order valence-electron chi connectivity index (χ1n) is 7.64. The fraction of sp³-hybridized carbons (Fsp3) is 0.467. The first-order chi connectivity index (χ1) is 11.0. The van der Waals surface area contributed by atoms with Crippen molar-refractivity contribution in [2.75, 3.05) is 13.2 Å². The molecule has 1 aliphatic heterocycles. The molecule has 0 aromatic carbocycles. The number of aromatic nitrogens is 4. The molecule has 0 spiro atoms. The summed E-state index contributed by atoms with van der Waals surface area (Å²) in [6.07, 6.45) is 2.84. The van der Waals surface area contributed by atoms with Crippen molar-refractivity contribution in [2.24, 2.45) is 0 Å². The minimum absolute atomic E-state index is 0.166. The maximum absolute atomic E-state index is 12.5. The predicted molar refractivity (Wildman–Crippen MR) is 82.3 cm³/mol. The van der Waals surface area contributed by atoms with Gasteiger partial charge in [-0.15, -0.1) is 0 Å². The van der Waals surface area contributed by atoms with Gasteiger partial charge in [-0.25, -0.2) is 15.0 Å². The third kappa shape index (κ3) is 3.31. The molecular weight excluding hydrogens is 298 g/mol. The van der Waals surface area contributed by atoms with Gasteiger partial charge in [0.05, 0.1) is 6.61 Å². The van der Waals surface area contributed by atoms with Crippen LogP contribution in [0, 0.1) is 13.8 Å². The first-order valence-corrected chi connectivity index (χ1v) is 7.64. The summed E-state index contributed by atoms with van der Waals surface area (Å²) in [6.45, 7) is 4.68. The van der Waals surface area contributed by atoms with Gasteiger partial charge in [0.15, 0.2) is 0 Å². The molecular formula is C15H19N5O3. The van der Waals surface area contributed by atoms with Crippen LogP contribution in [0.3, 0.4) is 0 Å². The van der Waals surface area contributed by atoms with Crippen molar-refractivity contribution in [3.8, 4) is 5.95 Å². The van der Waals surface area contributed by atoms with Gasteiger partial charge >= 0.3 is 0 Å². The predicted octanol–water partition coefficient (Wildman–Crippen LogP) is 1.13. The van der Waals surface area contributed by atoms with Crippen LogP contribution in [0.25, 0.3) is 5.95 Å². The van der Waals surface area contributed by atoms with Gasteiger partial charge in [-0.2, -0.15) is 4.68 Å². The van der Waals surface area contributed by atoms with Gasteiger partial charge in [-0.3, -0.25) is 19.5 Å². The second kappa shape index (κ2) is 6.33. The number of carbonyl (C=O) groups is 1. The van der Waals surface area contributed by atoms with Crippen LogP contribution >= 0.6 is 0 Å². The zero-order chi connectivity index (χ0) is 16.4. The molecule has 3 rings (SSSR count). The molecule has 2 aromatic rings. The molecule has 8 nitrogen and oxygen atoms in total. The molecule has 0 saturated carbocycles. The number of rotatable bonds is 2. The molecule has 0 atom stereocenters. The Morgan fingerprint density at radius 3 is 2.65 bits per heavy atom. The van der Waals surface area contributed by atoms with Crippen molar-refractivity contribution in [1.82, 2.24) is 24.8 Å². The summed E-state index contributed by atoms with van der Waals surface area (Å²) >= 11 is 0. The molecule has 0 bridgehead atoms. The molecule has 23 heavy (non-hydrogen) atoms. The molecule has 0 unspecified atom stereocenters. The van der Waals surface area contributed by atoms with E-state index < -0.39 is 0 Å². The highest BCUT2D eigenvalue weighted by molar-refractivity contribution is 5.91. The molecule has 1 N–H and O–H groups in total. The highest BCUT2D eigenvalue weighted by atomic mass is 16.7. The summed E-state index contributed by atoms with van der Waals surface area (Å²) in [5.41, 5.74) is 1.28. The maximum atomic E-state index is 12.5. The van der Waals surface area contributed by atoms with Crippen molar-refractivity contribution in [3.63, 3.8) is 0 Å². The highest BCUT2D eigenvalue weighted by Gasteiger charge is 2.22. The topological polar surface area (TPSA) is 93.1 Å². The lowest BCUT2D eigenvalue weighted by Gasteiger charge is -2.18. The summed E-state index contributed by atoms with van der Waals surface area (Å²) in [6, 6.07) is 3.06. The second-order valence-corrected chi connectivity index (χ2v) is 5.60. The number of amides is 1. The number of hydrogen-bond donors (Lipinski definition) is 1. The highest BCUT2D eigenvalue weighted by Crippen LogP contribution is 2.10. The maximum Gasteiger partial charge on any atom is 0.295 e. The largest absolute Gasteiger partial charge is 0.295 e. The van der Waals surface area contributed by atoms with Gasteiger partial charge in [0.2, 0.25) is 0 Å². The lowest BCUT2D eigenvalue weighted by atomic mass is 10.2. The van der Waals surface area contributed by atoms with E-state index in [1.54, 1.807) is 0 Å². The Bertz CT molecular complexity index is 751. The third-order valence-electron chi connectivity index (χ3n) is 3.60. The van der Waals surface area contributed by atoms with E-state index in [0.29, 0.717) is 13.2 Å². The average Bonchev–Trinajstić information content (AvgIpc) is 2.72. The smallest absolute Gasteiger partial charge is 0.283 e. The van der Waals surface area contributed by atoms with Crippen molar-refractivity contribution in [3.05, 3.63) is 39.6 Å². The van der Waals surface area contributed by atoms with Gasteiger partial charge < -0.3 is 0 Å². The molecule has 8 heteroatoms. The van der Waals surface area contributed by atoms with Gasteiger partial charge in [0.1, 0.15) is 5.69 Å². The molecule has 0 radical (unpaired) electrons. The summed E-state index contributed by atoms with van der Waals surface area (Å²) in [5.74, 6) is -0.129. The van der Waals surface area contributed by atoms with Gasteiger partial charge in [-0.05, 0) is 39.2 Å². The Morgan fingerprint density at radius 2 is 1.91 bits per heavy atom. The summed E-state index contributed by atoms with van der Waals surface area (Å²) < 4.78 is 1.17. The lowest BCUT2D eigenvalue weighted by molar-refractivity contribution is -0.116. The molecule has 1 aliphatic rings. The van der Waals surface area contributed by atoms with Crippen LogP contribution in [0.4, 0.5) is 0 Å². The molecule has 2 aromatic heterocycles. The molecule has 3 heterocycles. The summed E-state index contributed by atoms with van der Waals surface area (Å²) in [5, 5.41) is 4.09. The van der Waals surface area contributed by atoms with Crippen molar-refractivity contribution >= 4 is 5.91 Å². The Kier molecular flexibility index (Phi) is 4.24. The van der Waals surface area contributed by atoms with E-state index in [0.717, 1.165) is 30.7 Å². The standard InChI is InChI=1S/C15H19N5O3/c1-10-8-11(2)17-15(16-10)20-13(21)9-12(18-20)14(22)19-6-4-3-5-7-23-19/h8-9,18H,3-7H2,1-2H3. The average molecular weight is 317 g/mol. The van der Waals surface area contributed by atoms with E-state index in [2.05, 4.69) is 15.1 Å². The summed E-state index contributed by atoms with van der Waals surface area (Å²) in [7, 11) is 0. The number of nitrogens with zero attached hydrogens (tertiary/aromatic N) is 4. The zero-order valence-electron chi connectivity index (χ0n) is 13.2. The van der Waals surface area contributed by atoms with Crippen LogP contribution < -0.4 is 5.56 Å². The minimum atomic E-state index is -0.381. The van der Waals surface area contributed by atoms with E-state index in [4.69, 9.17) is 4.84 Å². The van der Waals surface area contributed by atoms with Gasteiger partial charge in [-0.1, -0.05) is 0 Å². The number of aryl methyl sites for hydroxylation is 2. The van der Waals surface area contributed by atoms with Crippen LogP contribution in [0.2, 0.25) is 0 Å². The number of aromatic amines is 1. The number of H-pyrrole nitrogens is 1. The number of carbonyl (C=O) groups excluding carboxylic acids is 1. The van der Waals surface area contributed by atoms with Crippen LogP contribution in [-0.4, -0.2) is 43.9 Å². The molecule has 1 amide bonds.